The Bertz CT molecular complexity index is 955. The van der Waals surface area contributed by atoms with Gasteiger partial charge in [-0.25, -0.2) is 0 Å². The summed E-state index contributed by atoms with van der Waals surface area (Å²) in [6, 6.07) is 13.3. The summed E-state index contributed by atoms with van der Waals surface area (Å²) in [6.07, 6.45) is -10.5. The van der Waals surface area contributed by atoms with E-state index in [1.165, 1.54) is 0 Å². The Kier molecular flexibility index (Phi) is 22.8. The molecule has 0 aliphatic rings. The van der Waals surface area contributed by atoms with Crippen LogP contribution in [0.15, 0.2) is 48.5 Å². The molecule has 0 aliphatic heterocycles. The first-order valence-electron chi connectivity index (χ1n) is 12.9. The van der Waals surface area contributed by atoms with Crippen LogP contribution >= 0.6 is 23.5 Å². The van der Waals surface area contributed by atoms with E-state index in [1.54, 1.807) is 72.1 Å². The predicted octanol–water partition coefficient (Wildman–Crippen LogP) is 5.71. The number of thioether (sulfide) groups is 2. The summed E-state index contributed by atoms with van der Waals surface area (Å²) >= 11 is 3.14. The van der Waals surface area contributed by atoms with Gasteiger partial charge in [-0.3, -0.25) is 9.59 Å². The van der Waals surface area contributed by atoms with Gasteiger partial charge in [-0.2, -0.15) is 49.9 Å². The van der Waals surface area contributed by atoms with Gasteiger partial charge in [0.2, 0.25) is 11.6 Å². The number of alkyl halides is 6. The van der Waals surface area contributed by atoms with Crippen molar-refractivity contribution in [2.45, 2.75) is 38.0 Å². The van der Waals surface area contributed by atoms with Crippen molar-refractivity contribution in [2.75, 3.05) is 49.4 Å². The molecule has 2 aromatic rings. The standard InChI is InChI=1S/2C14H17F3O3S.Ac/c2*15-14(16,17)13(19)6-3-11-1-4-12(5-2-11)20-8-10-21-9-7-18;/h2*1-2,4-5,18H,3,6-10H2;. The van der Waals surface area contributed by atoms with Crippen molar-refractivity contribution in [2.24, 2.45) is 0 Å². The second-order valence-electron chi connectivity index (χ2n) is 8.50. The predicted molar refractivity (Wildman–Crippen MR) is 151 cm³/mol. The topological polar surface area (TPSA) is 93.1 Å². The maximum Gasteiger partial charge on any atom is 0.449 e. The summed E-state index contributed by atoms with van der Waals surface area (Å²) < 4.78 is 83.2. The summed E-state index contributed by atoms with van der Waals surface area (Å²) in [7, 11) is 0. The molecule has 0 fully saturated rings. The zero-order valence-electron chi connectivity index (χ0n) is 23.3. The molecular formula is C28H34AcF6O6S2. The third-order valence-corrected chi connectivity index (χ3v) is 7.08. The number of rotatable bonds is 18. The van der Waals surface area contributed by atoms with Crippen LogP contribution in [0.2, 0.25) is 0 Å². The number of aryl methyl sites for hydroxylation is 2. The number of carbonyl (C=O) groups is 2. The molecule has 0 spiro atoms. The third-order valence-electron chi connectivity index (χ3n) is 5.22. The van der Waals surface area contributed by atoms with Crippen LogP contribution in [0.1, 0.15) is 24.0 Å². The van der Waals surface area contributed by atoms with E-state index >= 15 is 0 Å². The molecule has 0 heterocycles. The number of benzene rings is 2. The quantitative estimate of drug-likeness (QED) is 0.146. The first-order valence-corrected chi connectivity index (χ1v) is 15.2. The fraction of sp³-hybridized carbons (Fsp3) is 0.500. The normalized spacial score (nSPS) is 11.2. The molecule has 15 heteroatoms. The van der Waals surface area contributed by atoms with E-state index in [1.807, 2.05) is 0 Å². The molecule has 0 saturated heterocycles. The van der Waals surface area contributed by atoms with Gasteiger partial charge in [-0.1, -0.05) is 24.3 Å². The first kappa shape index (κ1) is 42.0. The van der Waals surface area contributed by atoms with E-state index in [0.29, 0.717) is 47.3 Å². The first-order chi connectivity index (χ1) is 19.9. The Morgan fingerprint density at radius 2 is 0.930 bits per heavy atom. The monoisotopic (exact) mass is 871 g/mol. The van der Waals surface area contributed by atoms with Crippen molar-refractivity contribution >= 4 is 35.1 Å². The molecule has 0 saturated carbocycles. The van der Waals surface area contributed by atoms with E-state index < -0.39 is 36.8 Å². The number of aliphatic hydroxyl groups is 2. The van der Waals surface area contributed by atoms with Gasteiger partial charge in [0.1, 0.15) is 11.5 Å². The number of carbonyl (C=O) groups excluding carboxylic acids is 2. The van der Waals surface area contributed by atoms with Crippen LogP contribution in [0.5, 0.6) is 11.5 Å². The minimum absolute atomic E-state index is 0. The van der Waals surface area contributed by atoms with Crippen LogP contribution in [-0.4, -0.2) is 83.6 Å². The van der Waals surface area contributed by atoms with Crippen molar-refractivity contribution in [1.29, 1.82) is 0 Å². The van der Waals surface area contributed by atoms with E-state index in [2.05, 4.69) is 0 Å². The third kappa shape index (κ3) is 20.6. The van der Waals surface area contributed by atoms with E-state index in [9.17, 15) is 35.9 Å². The van der Waals surface area contributed by atoms with Gasteiger partial charge in [-0.05, 0) is 48.2 Å². The molecule has 1 radical (unpaired) electrons. The number of hydrogen-bond acceptors (Lipinski definition) is 8. The van der Waals surface area contributed by atoms with E-state index in [0.717, 1.165) is 11.5 Å². The van der Waals surface area contributed by atoms with Gasteiger partial charge in [0.05, 0.1) is 26.4 Å². The van der Waals surface area contributed by atoms with E-state index in [4.69, 9.17) is 19.7 Å². The summed E-state index contributed by atoms with van der Waals surface area (Å²) in [5.74, 6) is 0.680. The fourth-order valence-corrected chi connectivity index (χ4v) is 4.14. The van der Waals surface area contributed by atoms with Crippen LogP contribution in [0, 0.1) is 44.1 Å². The molecule has 2 rings (SSSR count). The second kappa shape index (κ2) is 23.4. The largest absolute Gasteiger partial charge is 0.493 e. The Morgan fingerprint density at radius 1 is 0.605 bits per heavy atom. The van der Waals surface area contributed by atoms with Gasteiger partial charge in [-0.15, -0.1) is 0 Å². The average molecular weight is 872 g/mol. The molecule has 0 aliphatic carbocycles. The fourth-order valence-electron chi connectivity index (χ4n) is 3.07. The van der Waals surface area contributed by atoms with Crippen molar-refractivity contribution < 1.29 is 99.7 Å². The average Bonchev–Trinajstić information content (AvgIpc) is 2.95. The maximum atomic E-state index is 12.1. The molecule has 0 amide bonds. The Hall–Kier alpha value is -0.978. The molecule has 0 bridgehead atoms. The molecule has 6 nitrogen and oxygen atoms in total. The SMILES string of the molecule is O=C(CCc1ccc(OCCSCCO)cc1)C(F)(F)F.O=C(CCc1ccc(OCCSCCO)cc1)C(F)(F)F.[Ac]. The summed E-state index contributed by atoms with van der Waals surface area (Å²) in [5, 5.41) is 17.2. The van der Waals surface area contributed by atoms with E-state index in [-0.39, 0.29) is 70.1 Å². The van der Waals surface area contributed by atoms with Crippen LogP contribution in [0.4, 0.5) is 26.3 Å². The van der Waals surface area contributed by atoms with Gasteiger partial charge in [0.15, 0.2) is 0 Å². The van der Waals surface area contributed by atoms with Crippen molar-refractivity contribution in [3.8, 4) is 11.5 Å². The van der Waals surface area contributed by atoms with Crippen molar-refractivity contribution in [3.63, 3.8) is 0 Å². The molecule has 0 unspecified atom stereocenters. The van der Waals surface area contributed by atoms with Gasteiger partial charge >= 0.3 is 12.4 Å². The summed E-state index contributed by atoms with van der Waals surface area (Å²) in [6.45, 7) is 1.26. The number of ketones is 2. The molecule has 239 valence electrons. The number of halogens is 6. The van der Waals surface area contributed by atoms with Gasteiger partial charge in [0.25, 0.3) is 0 Å². The molecular weight excluding hydrogens is 837 g/mol. The smallest absolute Gasteiger partial charge is 0.449 e. The van der Waals surface area contributed by atoms with Crippen molar-refractivity contribution in [3.05, 3.63) is 59.7 Å². The van der Waals surface area contributed by atoms with Crippen molar-refractivity contribution in [1.82, 2.24) is 0 Å². The zero-order chi connectivity index (χ0) is 31.4. The second-order valence-corrected chi connectivity index (χ2v) is 10.9. The number of ether oxygens (including phenoxy) is 2. The number of Topliss-reactive ketones (excluding diaryl/α,β-unsaturated/α-hetero) is 2. The molecule has 0 atom stereocenters. The minimum atomic E-state index is -4.75. The zero-order valence-corrected chi connectivity index (χ0v) is 29.7. The molecule has 0 aromatic heterocycles. The van der Waals surface area contributed by atoms with Gasteiger partial charge in [0, 0.05) is 79.9 Å². The molecule has 2 N–H and O–H groups in total. The maximum absolute atomic E-state index is 12.1. The Balaban J connectivity index is 0.000000802. The Labute approximate surface area is 291 Å². The Morgan fingerprint density at radius 3 is 1.21 bits per heavy atom. The summed E-state index contributed by atoms with van der Waals surface area (Å²) in [5.41, 5.74) is 1.32. The van der Waals surface area contributed by atoms with Crippen LogP contribution in [0.25, 0.3) is 0 Å². The van der Waals surface area contributed by atoms with Gasteiger partial charge < -0.3 is 19.7 Å². The summed E-state index contributed by atoms with van der Waals surface area (Å²) in [4.78, 5) is 21.5. The molecule has 43 heavy (non-hydrogen) atoms. The number of aliphatic hydroxyl groups excluding tert-OH is 2. The van der Waals surface area contributed by atoms with Crippen LogP contribution < -0.4 is 9.47 Å². The number of hydrogen-bond donors (Lipinski definition) is 2. The van der Waals surface area contributed by atoms with Crippen LogP contribution in [-0.2, 0) is 22.4 Å². The minimum Gasteiger partial charge on any atom is -0.493 e. The molecule has 2 aromatic carbocycles. The van der Waals surface area contributed by atoms with Crippen LogP contribution in [0.3, 0.4) is 0 Å².